The topological polar surface area (TPSA) is 52.6 Å². The van der Waals surface area contributed by atoms with Crippen molar-refractivity contribution >= 4 is 41.3 Å². The lowest BCUT2D eigenvalue weighted by atomic mass is 10.1. The summed E-state index contributed by atoms with van der Waals surface area (Å²) in [6.07, 6.45) is 0.910. The molecule has 0 spiro atoms. The molecule has 0 unspecified atom stereocenters. The number of rotatable bonds is 9. The van der Waals surface area contributed by atoms with E-state index in [0.717, 1.165) is 49.3 Å². The normalized spacial score (nSPS) is 11.4. The van der Waals surface area contributed by atoms with Crippen molar-refractivity contribution in [1.82, 2.24) is 20.5 Å². The van der Waals surface area contributed by atoms with Crippen LogP contribution < -0.4 is 10.6 Å². The predicted molar refractivity (Wildman–Crippen MR) is 127 cm³/mol. The van der Waals surface area contributed by atoms with E-state index >= 15 is 0 Å². The maximum absolute atomic E-state index is 4.72. The molecule has 2 aromatic rings. The van der Waals surface area contributed by atoms with Crippen LogP contribution in [0.1, 0.15) is 35.7 Å². The highest BCUT2D eigenvalue weighted by Crippen LogP contribution is 2.09. The van der Waals surface area contributed by atoms with Gasteiger partial charge in [-0.3, -0.25) is 0 Å². The molecular weight excluding hydrogens is 469 g/mol. The average molecular weight is 501 g/mol. The van der Waals surface area contributed by atoms with E-state index in [9.17, 15) is 0 Å². The van der Waals surface area contributed by atoms with Crippen LogP contribution in [-0.4, -0.2) is 42.5 Å². The van der Waals surface area contributed by atoms with Crippen molar-refractivity contribution in [2.45, 2.75) is 40.3 Å². The number of aliphatic imine (C=N–C) groups is 1. The van der Waals surface area contributed by atoms with Crippen molar-refractivity contribution in [1.29, 1.82) is 0 Å². The van der Waals surface area contributed by atoms with Gasteiger partial charge in [-0.05, 0) is 38.6 Å². The molecule has 0 aliphatic heterocycles. The lowest BCUT2D eigenvalue weighted by Gasteiger charge is -2.14. The molecule has 2 N–H and O–H groups in total. The van der Waals surface area contributed by atoms with Gasteiger partial charge in [-0.2, -0.15) is 0 Å². The molecule has 0 radical (unpaired) electrons. The number of aryl methyl sites for hydroxylation is 1. The fourth-order valence-electron chi connectivity index (χ4n) is 2.59. The van der Waals surface area contributed by atoms with Crippen LogP contribution in [-0.2, 0) is 19.5 Å². The van der Waals surface area contributed by atoms with Crippen molar-refractivity contribution in [3.63, 3.8) is 0 Å². The fourth-order valence-corrected chi connectivity index (χ4v) is 3.24. The molecule has 0 aliphatic rings. The van der Waals surface area contributed by atoms with Crippen LogP contribution in [0.25, 0.3) is 0 Å². The largest absolute Gasteiger partial charge is 0.357 e. The molecule has 7 heteroatoms. The second-order valence-corrected chi connectivity index (χ2v) is 7.44. The summed E-state index contributed by atoms with van der Waals surface area (Å²) in [7, 11) is 2.14. The lowest BCUT2D eigenvalue weighted by molar-refractivity contribution is 0.345. The monoisotopic (exact) mass is 501 g/mol. The zero-order valence-corrected chi connectivity index (χ0v) is 19.9. The summed E-state index contributed by atoms with van der Waals surface area (Å²) in [5.41, 5.74) is 3.71. The molecule has 150 valence electrons. The van der Waals surface area contributed by atoms with Gasteiger partial charge in [0.15, 0.2) is 5.96 Å². The second kappa shape index (κ2) is 13.1. The first-order valence-electron chi connectivity index (χ1n) is 9.30. The first kappa shape index (κ1) is 23.8. The molecule has 0 aliphatic carbocycles. The van der Waals surface area contributed by atoms with Gasteiger partial charge in [0, 0.05) is 31.4 Å². The van der Waals surface area contributed by atoms with Crippen molar-refractivity contribution in [3.05, 3.63) is 51.5 Å². The number of guanidine groups is 1. The van der Waals surface area contributed by atoms with Gasteiger partial charge >= 0.3 is 0 Å². The maximum atomic E-state index is 4.72. The van der Waals surface area contributed by atoms with Gasteiger partial charge < -0.3 is 15.5 Å². The van der Waals surface area contributed by atoms with Gasteiger partial charge in [-0.15, -0.1) is 35.3 Å². The minimum atomic E-state index is 0. The van der Waals surface area contributed by atoms with E-state index in [4.69, 9.17) is 4.99 Å². The predicted octanol–water partition coefficient (Wildman–Crippen LogP) is 3.82. The van der Waals surface area contributed by atoms with Crippen LogP contribution in [0, 0.1) is 6.92 Å². The third kappa shape index (κ3) is 9.03. The zero-order chi connectivity index (χ0) is 18.8. The van der Waals surface area contributed by atoms with Crippen molar-refractivity contribution in [2.24, 2.45) is 4.99 Å². The van der Waals surface area contributed by atoms with Crippen LogP contribution in [0.5, 0.6) is 0 Å². The first-order valence-corrected chi connectivity index (χ1v) is 10.2. The van der Waals surface area contributed by atoms with Gasteiger partial charge in [0.1, 0.15) is 0 Å². The van der Waals surface area contributed by atoms with E-state index in [2.05, 4.69) is 71.1 Å². The Bertz CT molecular complexity index is 701. The summed E-state index contributed by atoms with van der Waals surface area (Å²) in [6.45, 7) is 10.7. The molecule has 1 aromatic heterocycles. The Kier molecular flexibility index (Phi) is 11.5. The Morgan fingerprint density at radius 3 is 2.67 bits per heavy atom. The highest BCUT2D eigenvalue weighted by atomic mass is 127. The molecule has 0 amide bonds. The van der Waals surface area contributed by atoms with Gasteiger partial charge in [0.2, 0.25) is 0 Å². The number of halogens is 1. The minimum absolute atomic E-state index is 0. The quantitative estimate of drug-likeness (QED) is 0.312. The Hall–Kier alpha value is -1.19. The highest BCUT2D eigenvalue weighted by molar-refractivity contribution is 14.0. The van der Waals surface area contributed by atoms with Crippen LogP contribution in [0.2, 0.25) is 0 Å². The molecule has 0 fully saturated rings. The zero-order valence-electron chi connectivity index (χ0n) is 16.8. The van der Waals surface area contributed by atoms with Crippen LogP contribution >= 0.6 is 35.3 Å². The molecule has 0 saturated heterocycles. The summed E-state index contributed by atoms with van der Waals surface area (Å²) < 4.78 is 0. The summed E-state index contributed by atoms with van der Waals surface area (Å²) in [5.74, 6) is 0.857. The minimum Gasteiger partial charge on any atom is -0.357 e. The molecule has 0 saturated carbocycles. The van der Waals surface area contributed by atoms with Crippen molar-refractivity contribution < 1.29 is 0 Å². The van der Waals surface area contributed by atoms with E-state index in [0.29, 0.717) is 6.54 Å². The van der Waals surface area contributed by atoms with Gasteiger partial charge in [0.05, 0.1) is 17.2 Å². The molecule has 27 heavy (non-hydrogen) atoms. The van der Waals surface area contributed by atoms with E-state index in [1.54, 1.807) is 11.3 Å². The number of thiazole rings is 1. The molecule has 5 nitrogen and oxygen atoms in total. The molecule has 0 bridgehead atoms. The number of benzene rings is 1. The van der Waals surface area contributed by atoms with E-state index in [1.165, 1.54) is 11.1 Å². The Morgan fingerprint density at radius 2 is 2.00 bits per heavy atom. The molecular formula is C20H32IN5S. The third-order valence-electron chi connectivity index (χ3n) is 4.09. The number of aromatic nitrogens is 1. The fraction of sp³-hybridized carbons (Fsp3) is 0.500. The average Bonchev–Trinajstić information content (AvgIpc) is 3.05. The molecule has 1 aromatic carbocycles. The van der Waals surface area contributed by atoms with Crippen LogP contribution in [0.15, 0.2) is 34.6 Å². The summed E-state index contributed by atoms with van der Waals surface area (Å²) >= 11 is 1.70. The van der Waals surface area contributed by atoms with E-state index in [-0.39, 0.29) is 24.0 Å². The summed E-state index contributed by atoms with van der Waals surface area (Å²) in [5, 5.41) is 9.96. The van der Waals surface area contributed by atoms with Gasteiger partial charge in [0.25, 0.3) is 0 Å². The second-order valence-electron chi connectivity index (χ2n) is 6.38. The SMILES string of the molecule is CCNC(=NCc1cccc(CN(C)CC)c1)NCCc1csc(C)n1.I. The lowest BCUT2D eigenvalue weighted by Crippen LogP contribution is -2.38. The van der Waals surface area contributed by atoms with E-state index < -0.39 is 0 Å². The standard InChI is InChI=1S/C20H31N5S.HI/c1-5-21-20(22-11-10-19-15-26-16(3)24-19)23-13-17-8-7-9-18(12-17)14-25(4)6-2;/h7-9,12,15H,5-6,10-11,13-14H2,1-4H3,(H2,21,22,23);1H. The van der Waals surface area contributed by atoms with Crippen molar-refractivity contribution in [2.75, 3.05) is 26.7 Å². The maximum Gasteiger partial charge on any atom is 0.191 e. The van der Waals surface area contributed by atoms with Crippen LogP contribution in [0.4, 0.5) is 0 Å². The smallest absolute Gasteiger partial charge is 0.191 e. The van der Waals surface area contributed by atoms with Crippen LogP contribution in [0.3, 0.4) is 0 Å². The third-order valence-corrected chi connectivity index (χ3v) is 4.91. The number of hydrogen-bond donors (Lipinski definition) is 2. The molecule has 0 atom stereocenters. The molecule has 1 heterocycles. The Morgan fingerprint density at radius 1 is 1.22 bits per heavy atom. The molecule has 2 rings (SSSR count). The highest BCUT2D eigenvalue weighted by Gasteiger charge is 2.02. The van der Waals surface area contributed by atoms with Crippen molar-refractivity contribution in [3.8, 4) is 0 Å². The summed E-state index contributed by atoms with van der Waals surface area (Å²) in [6, 6.07) is 8.69. The Balaban J connectivity index is 0.00000364. The van der Waals surface area contributed by atoms with Gasteiger partial charge in [-0.1, -0.05) is 31.2 Å². The van der Waals surface area contributed by atoms with Gasteiger partial charge in [-0.25, -0.2) is 9.98 Å². The summed E-state index contributed by atoms with van der Waals surface area (Å²) in [4.78, 5) is 11.5. The number of hydrogen-bond acceptors (Lipinski definition) is 4. The first-order chi connectivity index (χ1) is 12.6. The Labute approximate surface area is 184 Å². The number of nitrogens with one attached hydrogen (secondary N) is 2. The van der Waals surface area contributed by atoms with E-state index in [1.807, 2.05) is 6.92 Å². The number of nitrogens with zero attached hydrogens (tertiary/aromatic N) is 3.